The van der Waals surface area contributed by atoms with Crippen LogP contribution < -0.4 is 4.72 Å². The van der Waals surface area contributed by atoms with Crippen LogP contribution in [0.2, 0.25) is 0 Å². The van der Waals surface area contributed by atoms with Crippen LogP contribution in [0.5, 0.6) is 0 Å². The SMILES string of the molecule is C=CCNS(=O)(=O)c1cccc(C(=O)N2CCC[C@@H]2c2ccccc2)c1. The quantitative estimate of drug-likeness (QED) is 0.795. The van der Waals surface area contributed by atoms with Gasteiger partial charge in [-0.05, 0) is 36.6 Å². The highest BCUT2D eigenvalue weighted by atomic mass is 32.2. The zero-order valence-electron chi connectivity index (χ0n) is 14.5. The van der Waals surface area contributed by atoms with E-state index >= 15 is 0 Å². The standard InChI is InChI=1S/C20H22N2O3S/c1-2-13-21-26(24,25)18-11-6-10-17(15-18)20(23)22-14-7-12-19(22)16-8-4-3-5-9-16/h2-6,8-11,15,19,21H,1,7,12-14H2/t19-/m1/s1. The summed E-state index contributed by atoms with van der Waals surface area (Å²) in [4.78, 5) is 14.9. The lowest BCUT2D eigenvalue weighted by Gasteiger charge is -2.25. The fourth-order valence-corrected chi connectivity index (χ4v) is 4.29. The van der Waals surface area contributed by atoms with Crippen molar-refractivity contribution in [2.75, 3.05) is 13.1 Å². The van der Waals surface area contributed by atoms with Crippen molar-refractivity contribution in [2.45, 2.75) is 23.8 Å². The van der Waals surface area contributed by atoms with E-state index in [9.17, 15) is 13.2 Å². The minimum absolute atomic E-state index is 0.0304. The third kappa shape index (κ3) is 3.86. The van der Waals surface area contributed by atoms with Crippen LogP contribution >= 0.6 is 0 Å². The van der Waals surface area contributed by atoms with Crippen molar-refractivity contribution < 1.29 is 13.2 Å². The first-order chi connectivity index (χ1) is 12.5. The Bertz CT molecular complexity index is 894. The van der Waals surface area contributed by atoms with Gasteiger partial charge in [-0.1, -0.05) is 42.5 Å². The Morgan fingerprint density at radius 2 is 1.96 bits per heavy atom. The number of rotatable bonds is 6. The average molecular weight is 370 g/mol. The molecular weight excluding hydrogens is 348 g/mol. The smallest absolute Gasteiger partial charge is 0.254 e. The van der Waals surface area contributed by atoms with Gasteiger partial charge >= 0.3 is 0 Å². The lowest BCUT2D eigenvalue weighted by atomic mass is 10.0. The van der Waals surface area contributed by atoms with Crippen molar-refractivity contribution in [1.29, 1.82) is 0 Å². The molecule has 0 aromatic heterocycles. The summed E-state index contributed by atoms with van der Waals surface area (Å²) < 4.78 is 27.0. The molecule has 1 atom stereocenters. The number of carbonyl (C=O) groups is 1. The third-order valence-corrected chi connectivity index (χ3v) is 5.93. The molecule has 136 valence electrons. The number of carbonyl (C=O) groups excluding carboxylic acids is 1. The number of benzene rings is 2. The zero-order chi connectivity index (χ0) is 18.6. The molecule has 1 aliphatic rings. The minimum Gasteiger partial charge on any atom is -0.332 e. The first kappa shape index (κ1) is 18.4. The van der Waals surface area contributed by atoms with Crippen LogP contribution in [0.15, 0.2) is 72.1 Å². The summed E-state index contributed by atoms with van der Waals surface area (Å²) in [5.74, 6) is -0.142. The fourth-order valence-electron chi connectivity index (χ4n) is 3.25. The molecule has 0 bridgehead atoms. The molecule has 2 aromatic carbocycles. The van der Waals surface area contributed by atoms with Crippen LogP contribution in [-0.4, -0.2) is 32.3 Å². The summed E-state index contributed by atoms with van der Waals surface area (Å²) >= 11 is 0. The Morgan fingerprint density at radius 1 is 1.19 bits per heavy atom. The van der Waals surface area contributed by atoms with E-state index < -0.39 is 10.0 Å². The van der Waals surface area contributed by atoms with Crippen LogP contribution in [0.4, 0.5) is 0 Å². The maximum Gasteiger partial charge on any atom is 0.254 e. The van der Waals surface area contributed by atoms with E-state index in [2.05, 4.69) is 11.3 Å². The molecule has 26 heavy (non-hydrogen) atoms. The van der Waals surface area contributed by atoms with Crippen LogP contribution in [-0.2, 0) is 10.0 Å². The van der Waals surface area contributed by atoms with Gasteiger partial charge in [0.1, 0.15) is 0 Å². The monoisotopic (exact) mass is 370 g/mol. The van der Waals surface area contributed by atoms with Gasteiger partial charge in [-0.2, -0.15) is 0 Å². The number of hydrogen-bond donors (Lipinski definition) is 1. The first-order valence-corrected chi connectivity index (χ1v) is 10.1. The fraction of sp³-hybridized carbons (Fsp3) is 0.250. The number of hydrogen-bond acceptors (Lipinski definition) is 3. The molecule has 0 aliphatic carbocycles. The molecule has 1 heterocycles. The van der Waals surface area contributed by atoms with E-state index in [-0.39, 0.29) is 23.4 Å². The second-order valence-electron chi connectivity index (χ2n) is 6.24. The number of sulfonamides is 1. The number of nitrogens with zero attached hydrogens (tertiary/aromatic N) is 1. The van der Waals surface area contributed by atoms with Gasteiger partial charge in [0.15, 0.2) is 0 Å². The van der Waals surface area contributed by atoms with E-state index in [0.29, 0.717) is 12.1 Å². The first-order valence-electron chi connectivity index (χ1n) is 8.59. The van der Waals surface area contributed by atoms with Gasteiger partial charge in [0.25, 0.3) is 5.91 Å². The van der Waals surface area contributed by atoms with Gasteiger partial charge in [-0.15, -0.1) is 6.58 Å². The van der Waals surface area contributed by atoms with Crippen molar-refractivity contribution >= 4 is 15.9 Å². The summed E-state index contributed by atoms with van der Waals surface area (Å²) in [7, 11) is -3.66. The van der Waals surface area contributed by atoms with Crippen molar-refractivity contribution in [1.82, 2.24) is 9.62 Å². The Hall–Kier alpha value is -2.44. The van der Waals surface area contributed by atoms with E-state index in [1.54, 1.807) is 12.1 Å². The number of nitrogens with one attached hydrogen (secondary N) is 1. The normalized spacial score (nSPS) is 17.2. The van der Waals surface area contributed by atoms with E-state index in [4.69, 9.17) is 0 Å². The van der Waals surface area contributed by atoms with Crippen LogP contribution in [0.1, 0.15) is 34.8 Å². The maximum atomic E-state index is 13.0. The van der Waals surface area contributed by atoms with E-state index in [1.807, 2.05) is 35.2 Å². The average Bonchev–Trinajstić information content (AvgIpc) is 3.16. The summed E-state index contributed by atoms with van der Waals surface area (Å²) in [6, 6.07) is 16.2. The minimum atomic E-state index is -3.66. The lowest BCUT2D eigenvalue weighted by molar-refractivity contribution is 0.0735. The van der Waals surface area contributed by atoms with Gasteiger partial charge in [0.05, 0.1) is 10.9 Å². The molecule has 1 saturated heterocycles. The molecule has 2 aromatic rings. The molecule has 6 heteroatoms. The highest BCUT2D eigenvalue weighted by molar-refractivity contribution is 7.89. The Balaban J connectivity index is 1.86. The largest absolute Gasteiger partial charge is 0.332 e. The van der Waals surface area contributed by atoms with Gasteiger partial charge < -0.3 is 4.90 Å². The molecular formula is C20H22N2O3S. The molecule has 5 nitrogen and oxygen atoms in total. The van der Waals surface area contributed by atoms with Crippen molar-refractivity contribution in [2.24, 2.45) is 0 Å². The predicted molar refractivity (Wildman–Crippen MR) is 101 cm³/mol. The molecule has 1 amide bonds. The molecule has 3 rings (SSSR count). The molecule has 0 spiro atoms. The highest BCUT2D eigenvalue weighted by Crippen LogP contribution is 2.33. The highest BCUT2D eigenvalue weighted by Gasteiger charge is 2.30. The van der Waals surface area contributed by atoms with Gasteiger partial charge in [-0.25, -0.2) is 13.1 Å². The summed E-state index contributed by atoms with van der Waals surface area (Å²) in [6.07, 6.45) is 3.32. The van der Waals surface area contributed by atoms with Crippen LogP contribution in [0, 0.1) is 0 Å². The summed E-state index contributed by atoms with van der Waals surface area (Å²) in [6.45, 7) is 4.32. The van der Waals surface area contributed by atoms with E-state index in [0.717, 1.165) is 18.4 Å². The molecule has 0 unspecified atom stereocenters. The van der Waals surface area contributed by atoms with Crippen molar-refractivity contribution in [3.8, 4) is 0 Å². The maximum absolute atomic E-state index is 13.0. The van der Waals surface area contributed by atoms with Crippen LogP contribution in [0.3, 0.4) is 0 Å². The van der Waals surface area contributed by atoms with Crippen molar-refractivity contribution in [3.05, 3.63) is 78.4 Å². The number of amides is 1. The van der Waals surface area contributed by atoms with Gasteiger partial charge in [0.2, 0.25) is 10.0 Å². The predicted octanol–water partition coefficient (Wildman–Crippen LogP) is 3.13. The second-order valence-corrected chi connectivity index (χ2v) is 8.00. The third-order valence-electron chi connectivity index (χ3n) is 4.51. The van der Waals surface area contributed by atoms with Gasteiger partial charge in [-0.3, -0.25) is 4.79 Å². The number of likely N-dealkylation sites (tertiary alicyclic amines) is 1. The molecule has 0 saturated carbocycles. The zero-order valence-corrected chi connectivity index (χ0v) is 15.3. The van der Waals surface area contributed by atoms with Gasteiger partial charge in [0, 0.05) is 18.7 Å². The Morgan fingerprint density at radius 3 is 2.69 bits per heavy atom. The topological polar surface area (TPSA) is 66.5 Å². The molecule has 1 N–H and O–H groups in total. The van der Waals surface area contributed by atoms with Crippen LogP contribution in [0.25, 0.3) is 0 Å². The molecule has 1 aliphatic heterocycles. The lowest BCUT2D eigenvalue weighted by Crippen LogP contribution is -2.31. The molecule has 1 fully saturated rings. The van der Waals surface area contributed by atoms with E-state index in [1.165, 1.54) is 18.2 Å². The summed E-state index contributed by atoms with van der Waals surface area (Å²) in [5.41, 5.74) is 1.49. The second kappa shape index (κ2) is 7.85. The summed E-state index contributed by atoms with van der Waals surface area (Å²) in [5, 5.41) is 0. The molecule has 0 radical (unpaired) electrons. The van der Waals surface area contributed by atoms with Crippen molar-refractivity contribution in [3.63, 3.8) is 0 Å². The Kier molecular flexibility index (Phi) is 5.54. The Labute approximate surface area is 154 Å².